The van der Waals surface area contributed by atoms with Gasteiger partial charge in [0.25, 0.3) is 0 Å². The fourth-order valence-electron chi connectivity index (χ4n) is 3.11. The predicted molar refractivity (Wildman–Crippen MR) is 105 cm³/mol. The van der Waals surface area contributed by atoms with Crippen LogP contribution in [0.4, 0.5) is 0 Å². The highest BCUT2D eigenvalue weighted by Crippen LogP contribution is 2.33. The summed E-state index contributed by atoms with van der Waals surface area (Å²) in [6.07, 6.45) is 0.958. The van der Waals surface area contributed by atoms with Crippen LogP contribution < -0.4 is 14.8 Å². The van der Waals surface area contributed by atoms with Crippen molar-refractivity contribution in [3.63, 3.8) is 0 Å². The molecule has 0 atom stereocenters. The van der Waals surface area contributed by atoms with Gasteiger partial charge in [0.05, 0.1) is 32.0 Å². The van der Waals surface area contributed by atoms with Crippen LogP contribution >= 0.6 is 11.3 Å². The Balaban J connectivity index is 1.81. The van der Waals surface area contributed by atoms with Crippen LogP contribution in [0.15, 0.2) is 22.6 Å². The summed E-state index contributed by atoms with van der Waals surface area (Å²) in [7, 11) is 3.35. The van der Waals surface area contributed by atoms with E-state index < -0.39 is 0 Å². The van der Waals surface area contributed by atoms with Crippen molar-refractivity contribution in [2.24, 2.45) is 4.99 Å². The van der Waals surface area contributed by atoms with Crippen LogP contribution in [0.25, 0.3) is 0 Å². The molecule has 1 N–H and O–H groups in total. The van der Waals surface area contributed by atoms with Crippen molar-refractivity contribution in [3.8, 4) is 11.5 Å². The molecule has 0 spiro atoms. The molecule has 7 heteroatoms. The fourth-order valence-corrected chi connectivity index (χ4v) is 3.81. The van der Waals surface area contributed by atoms with Gasteiger partial charge in [-0.2, -0.15) is 0 Å². The molecule has 2 aromatic rings. The van der Waals surface area contributed by atoms with Gasteiger partial charge in [-0.25, -0.2) is 9.98 Å². The SMILES string of the molecule is CCNC(=NCc1scnc1C)N1CCc2cc(OC)c(OC)cc2C1. The molecular weight excluding hydrogens is 348 g/mol. The number of aromatic nitrogens is 1. The lowest BCUT2D eigenvalue weighted by atomic mass is 9.99. The number of rotatable bonds is 5. The largest absolute Gasteiger partial charge is 0.493 e. The second kappa shape index (κ2) is 8.40. The molecule has 1 aliphatic rings. The molecule has 0 aliphatic carbocycles. The Bertz CT molecular complexity index is 788. The second-order valence-electron chi connectivity index (χ2n) is 6.18. The van der Waals surface area contributed by atoms with Crippen molar-refractivity contribution in [1.82, 2.24) is 15.2 Å². The highest BCUT2D eigenvalue weighted by molar-refractivity contribution is 7.09. The van der Waals surface area contributed by atoms with Gasteiger partial charge in [0, 0.05) is 24.5 Å². The minimum absolute atomic E-state index is 0.661. The first-order valence-electron chi connectivity index (χ1n) is 8.82. The van der Waals surface area contributed by atoms with E-state index in [0.29, 0.717) is 6.54 Å². The van der Waals surface area contributed by atoms with Gasteiger partial charge in [-0.1, -0.05) is 0 Å². The molecule has 1 aromatic heterocycles. The maximum absolute atomic E-state index is 5.46. The van der Waals surface area contributed by atoms with Crippen LogP contribution in [0.2, 0.25) is 0 Å². The monoisotopic (exact) mass is 374 g/mol. The summed E-state index contributed by atoms with van der Waals surface area (Å²) in [5.74, 6) is 2.51. The Hall–Kier alpha value is -2.28. The third-order valence-electron chi connectivity index (χ3n) is 4.57. The number of aliphatic imine (C=N–C) groups is 1. The highest BCUT2D eigenvalue weighted by Gasteiger charge is 2.21. The molecule has 3 rings (SSSR count). The standard InChI is InChI=1S/C19H26N4O2S/c1-5-20-19(21-10-18-13(2)22-12-26-18)23-7-6-14-8-16(24-3)17(25-4)9-15(14)11-23/h8-9,12H,5-7,10-11H2,1-4H3,(H,20,21). The van der Waals surface area contributed by atoms with E-state index in [1.807, 2.05) is 12.4 Å². The number of aryl methyl sites for hydroxylation is 1. The smallest absolute Gasteiger partial charge is 0.194 e. The van der Waals surface area contributed by atoms with E-state index in [0.717, 1.165) is 49.2 Å². The van der Waals surface area contributed by atoms with Crippen LogP contribution in [-0.2, 0) is 19.5 Å². The molecule has 1 aromatic carbocycles. The van der Waals surface area contributed by atoms with Gasteiger partial charge >= 0.3 is 0 Å². The Labute approximate surface area is 158 Å². The van der Waals surface area contributed by atoms with Gasteiger partial charge in [0.15, 0.2) is 17.5 Å². The van der Waals surface area contributed by atoms with E-state index >= 15 is 0 Å². The first kappa shape index (κ1) is 18.5. The van der Waals surface area contributed by atoms with Crippen molar-refractivity contribution < 1.29 is 9.47 Å². The lowest BCUT2D eigenvalue weighted by molar-refractivity contribution is 0.346. The summed E-state index contributed by atoms with van der Waals surface area (Å²) < 4.78 is 10.9. The highest BCUT2D eigenvalue weighted by atomic mass is 32.1. The Kier molecular flexibility index (Phi) is 5.98. The van der Waals surface area contributed by atoms with Crippen molar-refractivity contribution in [2.45, 2.75) is 33.4 Å². The zero-order valence-electron chi connectivity index (χ0n) is 15.8. The molecule has 0 radical (unpaired) electrons. The van der Waals surface area contributed by atoms with Crippen molar-refractivity contribution >= 4 is 17.3 Å². The minimum Gasteiger partial charge on any atom is -0.493 e. The lowest BCUT2D eigenvalue weighted by Crippen LogP contribution is -2.44. The summed E-state index contributed by atoms with van der Waals surface area (Å²) in [6.45, 7) is 7.37. The van der Waals surface area contributed by atoms with E-state index in [-0.39, 0.29) is 0 Å². The number of benzene rings is 1. The molecule has 0 amide bonds. The Morgan fingerprint density at radius 2 is 2.00 bits per heavy atom. The van der Waals surface area contributed by atoms with E-state index in [4.69, 9.17) is 14.5 Å². The number of hydrogen-bond donors (Lipinski definition) is 1. The fraction of sp³-hybridized carbons (Fsp3) is 0.474. The molecule has 0 bridgehead atoms. The summed E-state index contributed by atoms with van der Waals surface area (Å²) >= 11 is 1.66. The van der Waals surface area contributed by atoms with Gasteiger partial charge < -0.3 is 19.7 Å². The second-order valence-corrected chi connectivity index (χ2v) is 7.12. The summed E-state index contributed by atoms with van der Waals surface area (Å²) in [5, 5.41) is 3.42. The van der Waals surface area contributed by atoms with Gasteiger partial charge in [-0.05, 0) is 43.5 Å². The number of thiazole rings is 1. The number of guanidine groups is 1. The number of nitrogens with zero attached hydrogens (tertiary/aromatic N) is 3. The molecule has 140 valence electrons. The van der Waals surface area contributed by atoms with Crippen molar-refractivity contribution in [1.29, 1.82) is 0 Å². The van der Waals surface area contributed by atoms with E-state index in [1.54, 1.807) is 25.6 Å². The molecular formula is C19H26N4O2S. The zero-order valence-corrected chi connectivity index (χ0v) is 16.7. The molecule has 0 fully saturated rings. The number of nitrogens with one attached hydrogen (secondary N) is 1. The Morgan fingerprint density at radius 3 is 2.62 bits per heavy atom. The van der Waals surface area contributed by atoms with E-state index in [9.17, 15) is 0 Å². The predicted octanol–water partition coefficient (Wildman–Crippen LogP) is 2.99. The number of methoxy groups -OCH3 is 2. The molecule has 1 aliphatic heterocycles. The first-order chi connectivity index (χ1) is 12.7. The number of hydrogen-bond acceptors (Lipinski definition) is 5. The summed E-state index contributed by atoms with van der Waals surface area (Å²) in [5.41, 5.74) is 5.51. The molecule has 6 nitrogen and oxygen atoms in total. The van der Waals surface area contributed by atoms with Crippen LogP contribution in [0.3, 0.4) is 0 Å². The topological polar surface area (TPSA) is 59.0 Å². The average molecular weight is 375 g/mol. The van der Waals surface area contributed by atoms with Gasteiger partial charge in [0.2, 0.25) is 0 Å². The van der Waals surface area contributed by atoms with E-state index in [1.165, 1.54) is 16.0 Å². The van der Waals surface area contributed by atoms with Crippen LogP contribution in [0, 0.1) is 6.92 Å². The summed E-state index contributed by atoms with van der Waals surface area (Å²) in [6, 6.07) is 4.17. The van der Waals surface area contributed by atoms with E-state index in [2.05, 4.69) is 34.3 Å². The number of ether oxygens (including phenoxy) is 2. The van der Waals surface area contributed by atoms with Gasteiger partial charge in [-0.15, -0.1) is 11.3 Å². The quantitative estimate of drug-likeness (QED) is 0.644. The minimum atomic E-state index is 0.661. The first-order valence-corrected chi connectivity index (χ1v) is 9.70. The molecule has 26 heavy (non-hydrogen) atoms. The van der Waals surface area contributed by atoms with Gasteiger partial charge in [0.1, 0.15) is 0 Å². The maximum atomic E-state index is 5.46. The zero-order chi connectivity index (χ0) is 18.5. The average Bonchev–Trinajstić information content (AvgIpc) is 3.08. The van der Waals surface area contributed by atoms with Crippen LogP contribution in [-0.4, -0.2) is 43.2 Å². The van der Waals surface area contributed by atoms with Crippen LogP contribution in [0.1, 0.15) is 28.6 Å². The molecule has 0 saturated carbocycles. The third kappa shape index (κ3) is 3.93. The Morgan fingerprint density at radius 1 is 1.27 bits per heavy atom. The van der Waals surface area contributed by atoms with Crippen molar-refractivity contribution in [3.05, 3.63) is 39.3 Å². The summed E-state index contributed by atoms with van der Waals surface area (Å²) in [4.78, 5) is 12.7. The molecule has 0 saturated heterocycles. The normalized spacial score (nSPS) is 14.2. The lowest BCUT2D eigenvalue weighted by Gasteiger charge is -2.32. The van der Waals surface area contributed by atoms with Gasteiger partial charge in [-0.3, -0.25) is 0 Å². The molecule has 0 unspecified atom stereocenters. The maximum Gasteiger partial charge on any atom is 0.194 e. The third-order valence-corrected chi connectivity index (χ3v) is 5.49. The molecule has 2 heterocycles. The number of fused-ring (bicyclic) bond motifs is 1. The van der Waals surface area contributed by atoms with Crippen molar-refractivity contribution in [2.75, 3.05) is 27.3 Å². The van der Waals surface area contributed by atoms with Crippen LogP contribution in [0.5, 0.6) is 11.5 Å².